The molecule has 1 atom stereocenters. The molecule has 90 valence electrons. The van der Waals surface area contributed by atoms with Crippen molar-refractivity contribution in [3.63, 3.8) is 0 Å². The molecule has 0 saturated heterocycles. The van der Waals surface area contributed by atoms with Crippen molar-refractivity contribution in [2.75, 3.05) is 6.61 Å². The van der Waals surface area contributed by atoms with Gasteiger partial charge in [-0.25, -0.2) is 0 Å². The first-order valence-electron chi connectivity index (χ1n) is 5.51. The highest BCUT2D eigenvalue weighted by Crippen LogP contribution is 2.31. The molecule has 1 aromatic carbocycles. The van der Waals surface area contributed by atoms with Gasteiger partial charge in [0.25, 0.3) is 0 Å². The van der Waals surface area contributed by atoms with E-state index < -0.39 is 0 Å². The average molecular weight is 287 g/mol. The Morgan fingerprint density at radius 2 is 1.88 bits per heavy atom. The zero-order valence-electron chi connectivity index (χ0n) is 10.6. The Hall–Kier alpha value is -0.540. The lowest BCUT2D eigenvalue weighted by atomic mass is 10.1. The second-order valence-corrected chi connectivity index (χ2v) is 4.69. The molecule has 0 bridgehead atoms. The summed E-state index contributed by atoms with van der Waals surface area (Å²) in [5, 5.41) is 0. The van der Waals surface area contributed by atoms with E-state index in [2.05, 4.69) is 36.7 Å². The molecule has 1 rings (SSSR count). The summed E-state index contributed by atoms with van der Waals surface area (Å²) in [6.45, 7) is 10.8. The number of rotatable bonds is 4. The highest BCUT2D eigenvalue weighted by atomic mass is 79.9. The van der Waals surface area contributed by atoms with Crippen LogP contribution in [0, 0.1) is 20.8 Å². The van der Waals surface area contributed by atoms with E-state index in [-0.39, 0.29) is 6.29 Å². The average Bonchev–Trinajstić information content (AvgIpc) is 2.23. The van der Waals surface area contributed by atoms with Crippen LogP contribution in [0.4, 0.5) is 0 Å². The van der Waals surface area contributed by atoms with E-state index in [0.717, 1.165) is 15.8 Å². The van der Waals surface area contributed by atoms with Crippen molar-refractivity contribution in [1.29, 1.82) is 0 Å². The van der Waals surface area contributed by atoms with Crippen molar-refractivity contribution in [3.05, 3.63) is 27.2 Å². The lowest BCUT2D eigenvalue weighted by molar-refractivity contribution is -0.0617. The fourth-order valence-corrected chi connectivity index (χ4v) is 2.00. The lowest BCUT2D eigenvalue weighted by Gasteiger charge is -2.18. The number of ether oxygens (including phenoxy) is 2. The third kappa shape index (κ3) is 2.98. The van der Waals surface area contributed by atoms with Crippen LogP contribution in [-0.4, -0.2) is 12.9 Å². The highest BCUT2D eigenvalue weighted by molar-refractivity contribution is 9.10. The first-order valence-corrected chi connectivity index (χ1v) is 6.31. The number of halogens is 1. The maximum absolute atomic E-state index is 5.76. The molecule has 0 fully saturated rings. The normalized spacial score (nSPS) is 12.6. The predicted octanol–water partition coefficient (Wildman–Crippen LogP) is 4.14. The molecule has 0 aromatic heterocycles. The highest BCUT2D eigenvalue weighted by Gasteiger charge is 2.11. The Bertz CT molecular complexity index is 375. The zero-order valence-corrected chi connectivity index (χ0v) is 12.1. The minimum absolute atomic E-state index is 0.205. The summed E-state index contributed by atoms with van der Waals surface area (Å²) in [6, 6.07) is 2.04. The van der Waals surface area contributed by atoms with Gasteiger partial charge in [-0.3, -0.25) is 0 Å². The molecule has 2 nitrogen and oxygen atoms in total. The molecule has 0 N–H and O–H groups in total. The zero-order chi connectivity index (χ0) is 12.3. The number of aryl methyl sites for hydroxylation is 1. The van der Waals surface area contributed by atoms with E-state index in [1.54, 1.807) is 0 Å². The monoisotopic (exact) mass is 286 g/mol. The molecule has 0 aliphatic carbocycles. The molecule has 0 amide bonds. The van der Waals surface area contributed by atoms with Crippen molar-refractivity contribution in [2.24, 2.45) is 0 Å². The van der Waals surface area contributed by atoms with Crippen LogP contribution in [0.1, 0.15) is 30.5 Å². The second-order valence-electron chi connectivity index (χ2n) is 3.90. The van der Waals surface area contributed by atoms with E-state index in [4.69, 9.17) is 9.47 Å². The van der Waals surface area contributed by atoms with Gasteiger partial charge < -0.3 is 9.47 Å². The Balaban J connectivity index is 2.97. The third-order valence-corrected chi connectivity index (χ3v) is 3.87. The first-order chi connectivity index (χ1) is 7.47. The molecular weight excluding hydrogens is 268 g/mol. The molecule has 3 heteroatoms. The van der Waals surface area contributed by atoms with Crippen molar-refractivity contribution < 1.29 is 9.47 Å². The molecule has 16 heavy (non-hydrogen) atoms. The van der Waals surface area contributed by atoms with Crippen molar-refractivity contribution in [2.45, 2.75) is 40.9 Å². The van der Waals surface area contributed by atoms with E-state index in [1.165, 1.54) is 11.1 Å². The van der Waals surface area contributed by atoms with Crippen LogP contribution >= 0.6 is 15.9 Å². The molecule has 1 aromatic rings. The first kappa shape index (κ1) is 13.5. The van der Waals surface area contributed by atoms with Gasteiger partial charge in [0, 0.05) is 11.1 Å². The van der Waals surface area contributed by atoms with Crippen molar-refractivity contribution in [1.82, 2.24) is 0 Å². The van der Waals surface area contributed by atoms with Crippen LogP contribution in [0.2, 0.25) is 0 Å². The second kappa shape index (κ2) is 5.69. The molecular formula is C13H19BrO2. The number of benzene rings is 1. The Kier molecular flexibility index (Phi) is 4.81. The minimum Gasteiger partial charge on any atom is -0.465 e. The molecule has 0 aliphatic rings. The predicted molar refractivity (Wildman–Crippen MR) is 70.1 cm³/mol. The Morgan fingerprint density at radius 1 is 1.25 bits per heavy atom. The molecule has 0 saturated carbocycles. The van der Waals surface area contributed by atoms with Crippen LogP contribution in [0.25, 0.3) is 0 Å². The molecule has 0 radical (unpaired) electrons. The van der Waals surface area contributed by atoms with Crippen LogP contribution in [0.5, 0.6) is 5.75 Å². The van der Waals surface area contributed by atoms with Gasteiger partial charge in [0.1, 0.15) is 5.75 Å². The van der Waals surface area contributed by atoms with Crippen molar-refractivity contribution >= 4 is 15.9 Å². The van der Waals surface area contributed by atoms with E-state index in [1.807, 2.05) is 19.9 Å². The molecule has 0 aliphatic heterocycles. The van der Waals surface area contributed by atoms with Gasteiger partial charge in [-0.15, -0.1) is 0 Å². The summed E-state index contributed by atoms with van der Waals surface area (Å²) in [5.41, 5.74) is 3.56. The van der Waals surface area contributed by atoms with Gasteiger partial charge in [0.2, 0.25) is 0 Å². The number of hydrogen-bond acceptors (Lipinski definition) is 2. The lowest BCUT2D eigenvalue weighted by Crippen LogP contribution is -2.16. The minimum atomic E-state index is -0.205. The standard InChI is InChI=1S/C13H19BrO2/c1-6-15-11(5)16-12-7-8(2)13(14)10(4)9(12)3/h7,11H,6H2,1-5H3. The summed E-state index contributed by atoms with van der Waals surface area (Å²) >= 11 is 3.57. The fourth-order valence-electron chi connectivity index (χ4n) is 1.58. The summed E-state index contributed by atoms with van der Waals surface area (Å²) in [6.07, 6.45) is -0.205. The van der Waals surface area contributed by atoms with Gasteiger partial charge in [-0.2, -0.15) is 0 Å². The van der Waals surface area contributed by atoms with Gasteiger partial charge in [-0.05, 0) is 57.4 Å². The Labute approximate surface area is 106 Å². The van der Waals surface area contributed by atoms with Crippen LogP contribution in [0.3, 0.4) is 0 Å². The van der Waals surface area contributed by atoms with Crippen LogP contribution < -0.4 is 4.74 Å². The Morgan fingerprint density at radius 3 is 2.44 bits per heavy atom. The van der Waals surface area contributed by atoms with Crippen LogP contribution in [-0.2, 0) is 4.74 Å². The summed E-state index contributed by atoms with van der Waals surface area (Å²) in [4.78, 5) is 0. The smallest absolute Gasteiger partial charge is 0.196 e. The van der Waals surface area contributed by atoms with E-state index in [9.17, 15) is 0 Å². The maximum atomic E-state index is 5.76. The summed E-state index contributed by atoms with van der Waals surface area (Å²) in [7, 11) is 0. The summed E-state index contributed by atoms with van der Waals surface area (Å²) < 4.78 is 12.3. The maximum Gasteiger partial charge on any atom is 0.196 e. The third-order valence-electron chi connectivity index (χ3n) is 2.65. The van der Waals surface area contributed by atoms with Gasteiger partial charge >= 0.3 is 0 Å². The van der Waals surface area contributed by atoms with Gasteiger partial charge in [0.15, 0.2) is 6.29 Å². The fraction of sp³-hybridized carbons (Fsp3) is 0.538. The largest absolute Gasteiger partial charge is 0.465 e. The number of hydrogen-bond donors (Lipinski definition) is 0. The van der Waals surface area contributed by atoms with Crippen molar-refractivity contribution in [3.8, 4) is 5.75 Å². The summed E-state index contributed by atoms with van der Waals surface area (Å²) in [5.74, 6) is 0.902. The van der Waals surface area contributed by atoms with E-state index in [0.29, 0.717) is 6.61 Å². The SMILES string of the molecule is CCOC(C)Oc1cc(C)c(Br)c(C)c1C. The topological polar surface area (TPSA) is 18.5 Å². The van der Waals surface area contributed by atoms with Gasteiger partial charge in [-0.1, -0.05) is 15.9 Å². The van der Waals surface area contributed by atoms with E-state index >= 15 is 0 Å². The molecule has 0 heterocycles. The molecule has 0 spiro atoms. The quantitative estimate of drug-likeness (QED) is 0.775. The van der Waals surface area contributed by atoms with Crippen LogP contribution in [0.15, 0.2) is 10.5 Å². The molecule has 1 unspecified atom stereocenters. The van der Waals surface area contributed by atoms with Gasteiger partial charge in [0.05, 0.1) is 0 Å².